The minimum Gasteiger partial charge on any atom is -0.481 e. The number of hydrogen-bond donors (Lipinski definition) is 0. The molecule has 0 radical (unpaired) electrons. The van der Waals surface area contributed by atoms with E-state index in [0.717, 1.165) is 22.0 Å². The Balaban J connectivity index is 1.81. The maximum atomic E-state index is 12.1. The molecule has 0 aliphatic rings. The van der Waals surface area contributed by atoms with E-state index < -0.39 is 5.97 Å². The van der Waals surface area contributed by atoms with Crippen LogP contribution in [0.4, 0.5) is 0 Å². The minimum atomic E-state index is -0.412. The summed E-state index contributed by atoms with van der Waals surface area (Å²) in [6.07, 6.45) is 6.42. The second-order valence-corrected chi connectivity index (χ2v) is 6.23. The lowest BCUT2D eigenvalue weighted by molar-refractivity contribution is 0.0526. The Kier molecular flexibility index (Phi) is 5.11. The van der Waals surface area contributed by atoms with Crippen LogP contribution in [0.3, 0.4) is 0 Å². The fraction of sp³-hybridized carbons (Fsp3) is 0.136. The van der Waals surface area contributed by atoms with Crippen molar-refractivity contribution in [1.82, 2.24) is 19.9 Å². The summed E-state index contributed by atoms with van der Waals surface area (Å²) in [5, 5.41) is 0.851. The van der Waals surface area contributed by atoms with Crippen LogP contribution in [0, 0.1) is 0 Å². The van der Waals surface area contributed by atoms with Crippen LogP contribution in [-0.2, 0) is 4.74 Å². The van der Waals surface area contributed by atoms with E-state index in [4.69, 9.17) is 9.47 Å². The number of ether oxygens (including phenoxy) is 2. The summed E-state index contributed by atoms with van der Waals surface area (Å²) in [5.41, 5.74) is 4.50. The summed E-state index contributed by atoms with van der Waals surface area (Å²) in [6, 6.07) is 11.4. The van der Waals surface area contributed by atoms with Gasteiger partial charge in [0.25, 0.3) is 0 Å². The maximum absolute atomic E-state index is 12.1. The Bertz CT molecular complexity index is 1180. The zero-order chi connectivity index (χ0) is 20.2. The Morgan fingerprint density at radius 1 is 0.931 bits per heavy atom. The van der Waals surface area contributed by atoms with E-state index >= 15 is 0 Å². The standard InChI is InChI=1S/C22H18N4O3/c1-3-29-22(27)17-8-16(10-23-11-17)21-18-9-14(4-6-19(18)25-13-26-21)15-5-7-20(28-2)24-12-15/h4-13H,3H2,1-2H3. The quantitative estimate of drug-likeness (QED) is 0.480. The lowest BCUT2D eigenvalue weighted by Gasteiger charge is -2.09. The molecule has 0 fully saturated rings. The van der Waals surface area contributed by atoms with Gasteiger partial charge < -0.3 is 9.47 Å². The smallest absolute Gasteiger partial charge is 0.339 e. The molecule has 0 N–H and O–H groups in total. The molecule has 7 heteroatoms. The fourth-order valence-corrected chi connectivity index (χ4v) is 3.03. The molecule has 0 saturated carbocycles. The van der Waals surface area contributed by atoms with Crippen molar-refractivity contribution in [1.29, 1.82) is 0 Å². The van der Waals surface area contributed by atoms with Gasteiger partial charge in [0.2, 0.25) is 5.88 Å². The van der Waals surface area contributed by atoms with Crippen LogP contribution in [0.25, 0.3) is 33.3 Å². The summed E-state index contributed by atoms with van der Waals surface area (Å²) >= 11 is 0. The number of hydrogen-bond acceptors (Lipinski definition) is 7. The van der Waals surface area contributed by atoms with Crippen LogP contribution in [0.15, 0.2) is 61.3 Å². The van der Waals surface area contributed by atoms with E-state index in [1.54, 1.807) is 32.5 Å². The maximum Gasteiger partial charge on any atom is 0.339 e. The average molecular weight is 386 g/mol. The molecule has 3 heterocycles. The average Bonchev–Trinajstić information content (AvgIpc) is 2.78. The van der Waals surface area contributed by atoms with E-state index in [-0.39, 0.29) is 0 Å². The van der Waals surface area contributed by atoms with E-state index in [2.05, 4.69) is 19.9 Å². The molecule has 1 aromatic carbocycles. The first-order valence-electron chi connectivity index (χ1n) is 9.07. The van der Waals surface area contributed by atoms with Gasteiger partial charge in [-0.3, -0.25) is 4.98 Å². The molecule has 0 amide bonds. The monoisotopic (exact) mass is 386 g/mol. The van der Waals surface area contributed by atoms with Crippen molar-refractivity contribution in [3.05, 3.63) is 66.9 Å². The van der Waals surface area contributed by atoms with E-state index in [1.165, 1.54) is 12.5 Å². The van der Waals surface area contributed by atoms with Gasteiger partial charge >= 0.3 is 5.97 Å². The van der Waals surface area contributed by atoms with Crippen LogP contribution >= 0.6 is 0 Å². The summed E-state index contributed by atoms with van der Waals surface area (Å²) in [4.78, 5) is 29.3. The largest absolute Gasteiger partial charge is 0.481 e. The fourth-order valence-electron chi connectivity index (χ4n) is 3.03. The second kappa shape index (κ2) is 8.02. The molecule has 0 aliphatic heterocycles. The summed E-state index contributed by atoms with van der Waals surface area (Å²) < 4.78 is 10.2. The molecule has 7 nitrogen and oxygen atoms in total. The molecule has 0 bridgehead atoms. The molecule has 3 aromatic heterocycles. The summed E-state index contributed by atoms with van der Waals surface area (Å²) in [5.74, 6) is 0.144. The van der Waals surface area contributed by atoms with Crippen molar-refractivity contribution < 1.29 is 14.3 Å². The molecule has 144 valence electrons. The highest BCUT2D eigenvalue weighted by Gasteiger charge is 2.13. The number of nitrogens with zero attached hydrogens (tertiary/aromatic N) is 4. The van der Waals surface area contributed by atoms with Crippen LogP contribution in [0.2, 0.25) is 0 Å². The molecule has 0 spiro atoms. The van der Waals surface area contributed by atoms with Gasteiger partial charge in [-0.05, 0) is 36.8 Å². The van der Waals surface area contributed by atoms with Gasteiger partial charge in [0, 0.05) is 41.2 Å². The molecule has 0 saturated heterocycles. The van der Waals surface area contributed by atoms with Crippen molar-refractivity contribution in [2.45, 2.75) is 6.92 Å². The lowest BCUT2D eigenvalue weighted by atomic mass is 10.0. The first-order chi connectivity index (χ1) is 14.2. The Labute approximate surface area is 167 Å². The zero-order valence-electron chi connectivity index (χ0n) is 16.0. The van der Waals surface area contributed by atoms with E-state index in [0.29, 0.717) is 29.3 Å². The topological polar surface area (TPSA) is 87.1 Å². The first-order valence-corrected chi connectivity index (χ1v) is 9.07. The van der Waals surface area contributed by atoms with Gasteiger partial charge in [-0.15, -0.1) is 0 Å². The molecule has 4 rings (SSSR count). The van der Waals surface area contributed by atoms with E-state index in [1.807, 2.05) is 30.3 Å². The number of fused-ring (bicyclic) bond motifs is 1. The summed E-state index contributed by atoms with van der Waals surface area (Å²) in [6.45, 7) is 2.07. The normalized spacial score (nSPS) is 10.7. The van der Waals surface area contributed by atoms with Gasteiger partial charge in [-0.25, -0.2) is 19.7 Å². The predicted molar refractivity (Wildman–Crippen MR) is 109 cm³/mol. The summed E-state index contributed by atoms with van der Waals surface area (Å²) in [7, 11) is 1.58. The molecule has 0 unspecified atom stereocenters. The number of pyridine rings is 2. The van der Waals surface area contributed by atoms with Gasteiger partial charge in [0.15, 0.2) is 0 Å². The number of aromatic nitrogens is 4. The predicted octanol–water partition coefficient (Wildman–Crippen LogP) is 3.94. The second-order valence-electron chi connectivity index (χ2n) is 6.23. The molecule has 0 aliphatic carbocycles. The number of esters is 1. The minimum absolute atomic E-state index is 0.304. The Morgan fingerprint density at radius 2 is 1.79 bits per heavy atom. The Morgan fingerprint density at radius 3 is 2.55 bits per heavy atom. The van der Waals surface area contributed by atoms with Crippen molar-refractivity contribution in [3.63, 3.8) is 0 Å². The number of rotatable bonds is 5. The molecular formula is C22H18N4O3. The zero-order valence-corrected chi connectivity index (χ0v) is 16.0. The SMILES string of the molecule is CCOC(=O)c1cncc(-c2ncnc3ccc(-c4ccc(OC)nc4)cc23)c1. The van der Waals surface area contributed by atoms with Gasteiger partial charge in [0.1, 0.15) is 6.33 Å². The molecule has 4 aromatic rings. The van der Waals surface area contributed by atoms with E-state index in [9.17, 15) is 4.79 Å². The van der Waals surface area contributed by atoms with Crippen LogP contribution in [0.1, 0.15) is 17.3 Å². The van der Waals surface area contributed by atoms with Crippen molar-refractivity contribution >= 4 is 16.9 Å². The van der Waals surface area contributed by atoms with Crippen molar-refractivity contribution in [2.24, 2.45) is 0 Å². The third-order valence-electron chi connectivity index (χ3n) is 4.44. The number of benzene rings is 1. The lowest BCUT2D eigenvalue weighted by Crippen LogP contribution is -2.05. The highest BCUT2D eigenvalue weighted by molar-refractivity contribution is 5.96. The highest BCUT2D eigenvalue weighted by Crippen LogP contribution is 2.30. The Hall–Kier alpha value is -3.87. The van der Waals surface area contributed by atoms with Crippen LogP contribution in [-0.4, -0.2) is 39.6 Å². The first kappa shape index (κ1) is 18.5. The molecular weight excluding hydrogens is 368 g/mol. The third kappa shape index (κ3) is 3.75. The van der Waals surface area contributed by atoms with Crippen molar-refractivity contribution in [2.75, 3.05) is 13.7 Å². The van der Waals surface area contributed by atoms with Crippen LogP contribution in [0.5, 0.6) is 5.88 Å². The molecule has 29 heavy (non-hydrogen) atoms. The molecule has 0 atom stereocenters. The van der Waals surface area contributed by atoms with Crippen molar-refractivity contribution in [3.8, 4) is 28.3 Å². The number of carbonyl (C=O) groups excluding carboxylic acids is 1. The number of methoxy groups -OCH3 is 1. The highest BCUT2D eigenvalue weighted by atomic mass is 16.5. The number of carbonyl (C=O) groups is 1. The van der Waals surface area contributed by atoms with Gasteiger partial charge in [-0.1, -0.05) is 6.07 Å². The van der Waals surface area contributed by atoms with Gasteiger partial charge in [0.05, 0.1) is 30.5 Å². The third-order valence-corrected chi connectivity index (χ3v) is 4.44. The van der Waals surface area contributed by atoms with Crippen LogP contribution < -0.4 is 4.74 Å². The van der Waals surface area contributed by atoms with Gasteiger partial charge in [-0.2, -0.15) is 0 Å².